The van der Waals surface area contributed by atoms with Crippen LogP contribution in [0.3, 0.4) is 0 Å². The molecule has 1 heterocycles. The van der Waals surface area contributed by atoms with E-state index in [-0.39, 0.29) is 0 Å². The first kappa shape index (κ1) is 13.0. The van der Waals surface area contributed by atoms with Crippen LogP contribution in [0.15, 0.2) is 24.3 Å². The second-order valence-electron chi connectivity index (χ2n) is 4.70. The maximum atomic E-state index is 5.29. The van der Waals surface area contributed by atoms with Gasteiger partial charge in [0.15, 0.2) is 0 Å². The van der Waals surface area contributed by atoms with Gasteiger partial charge in [-0.1, -0.05) is 0 Å². The first-order valence-electron chi connectivity index (χ1n) is 6.53. The topological polar surface area (TPSA) is 26.2 Å². The highest BCUT2D eigenvalue weighted by Gasteiger charge is 2.10. The molecule has 1 N–H and O–H groups in total. The maximum absolute atomic E-state index is 5.29. The third-order valence-corrected chi connectivity index (χ3v) is 3.52. The molecule has 0 bridgehead atoms. The van der Waals surface area contributed by atoms with Gasteiger partial charge in [-0.25, -0.2) is 0 Å². The fourth-order valence-corrected chi connectivity index (χ4v) is 2.39. The van der Waals surface area contributed by atoms with Gasteiger partial charge >= 0.3 is 0 Å². The summed E-state index contributed by atoms with van der Waals surface area (Å²) in [6, 6.07) is 9.04. The van der Waals surface area contributed by atoms with Crippen LogP contribution < -0.4 is 10.1 Å². The van der Waals surface area contributed by atoms with E-state index in [0.29, 0.717) is 6.04 Å². The minimum atomic E-state index is 0.488. The second kappa shape index (κ2) is 5.44. The van der Waals surface area contributed by atoms with Crippen LogP contribution in [0, 0.1) is 0 Å². The number of hydrogen-bond donors (Lipinski definition) is 1. The third-order valence-electron chi connectivity index (χ3n) is 3.52. The molecule has 0 saturated heterocycles. The highest BCUT2D eigenvalue weighted by atomic mass is 16.5. The number of nitrogens with zero attached hydrogens (tertiary/aromatic N) is 1. The Labute approximate surface area is 109 Å². The van der Waals surface area contributed by atoms with E-state index in [1.807, 2.05) is 13.1 Å². The highest BCUT2D eigenvalue weighted by molar-refractivity contribution is 5.83. The van der Waals surface area contributed by atoms with Crippen molar-refractivity contribution >= 4 is 10.9 Å². The van der Waals surface area contributed by atoms with Crippen molar-refractivity contribution in [2.24, 2.45) is 0 Å². The van der Waals surface area contributed by atoms with Crippen molar-refractivity contribution in [3.63, 3.8) is 0 Å². The number of aromatic nitrogens is 1. The zero-order chi connectivity index (χ0) is 13.1. The third kappa shape index (κ3) is 2.36. The number of methoxy groups -OCH3 is 1. The molecule has 1 aromatic heterocycles. The summed E-state index contributed by atoms with van der Waals surface area (Å²) in [6.45, 7) is 5.40. The van der Waals surface area contributed by atoms with E-state index in [4.69, 9.17) is 4.74 Å². The van der Waals surface area contributed by atoms with E-state index in [9.17, 15) is 0 Å². The van der Waals surface area contributed by atoms with Gasteiger partial charge in [0.1, 0.15) is 5.75 Å². The number of likely N-dealkylation sites (N-methyl/N-ethyl adjacent to an activating group) is 1. The Balaban J connectivity index is 2.46. The van der Waals surface area contributed by atoms with E-state index in [0.717, 1.165) is 18.7 Å². The van der Waals surface area contributed by atoms with Gasteiger partial charge in [0.2, 0.25) is 0 Å². The van der Waals surface area contributed by atoms with E-state index in [1.165, 1.54) is 16.6 Å². The van der Waals surface area contributed by atoms with E-state index in [1.54, 1.807) is 7.11 Å². The van der Waals surface area contributed by atoms with Gasteiger partial charge in [-0.3, -0.25) is 0 Å². The number of fused-ring (bicyclic) bond motifs is 1. The first-order valence-corrected chi connectivity index (χ1v) is 6.53. The summed E-state index contributed by atoms with van der Waals surface area (Å²) in [6.07, 6.45) is 1.04. The molecule has 2 rings (SSSR count). The van der Waals surface area contributed by atoms with Crippen molar-refractivity contribution in [2.75, 3.05) is 14.2 Å². The number of rotatable bonds is 5. The molecule has 3 heteroatoms. The van der Waals surface area contributed by atoms with Gasteiger partial charge < -0.3 is 14.6 Å². The minimum Gasteiger partial charge on any atom is -0.497 e. The molecule has 2 aromatic rings. The lowest BCUT2D eigenvalue weighted by atomic mass is 10.1. The van der Waals surface area contributed by atoms with Crippen molar-refractivity contribution in [3.05, 3.63) is 30.0 Å². The van der Waals surface area contributed by atoms with Gasteiger partial charge in [0, 0.05) is 35.6 Å². The normalized spacial score (nSPS) is 12.9. The maximum Gasteiger partial charge on any atom is 0.119 e. The number of ether oxygens (including phenoxy) is 1. The quantitative estimate of drug-likeness (QED) is 0.878. The Morgan fingerprint density at radius 2 is 2.11 bits per heavy atom. The van der Waals surface area contributed by atoms with Crippen LogP contribution >= 0.6 is 0 Å². The molecular formula is C15H22N2O. The first-order chi connectivity index (χ1) is 8.69. The monoisotopic (exact) mass is 246 g/mol. The molecule has 1 unspecified atom stereocenters. The minimum absolute atomic E-state index is 0.488. The molecule has 18 heavy (non-hydrogen) atoms. The predicted molar refractivity (Wildman–Crippen MR) is 76.4 cm³/mol. The van der Waals surface area contributed by atoms with Crippen LogP contribution in [-0.2, 0) is 13.0 Å². The molecule has 0 amide bonds. The predicted octanol–water partition coefficient (Wildman–Crippen LogP) is 2.82. The highest BCUT2D eigenvalue weighted by Crippen LogP contribution is 2.25. The Bertz CT molecular complexity index is 531. The smallest absolute Gasteiger partial charge is 0.119 e. The van der Waals surface area contributed by atoms with Crippen molar-refractivity contribution in [1.82, 2.24) is 9.88 Å². The molecule has 0 radical (unpaired) electrons. The van der Waals surface area contributed by atoms with Crippen molar-refractivity contribution in [2.45, 2.75) is 32.9 Å². The van der Waals surface area contributed by atoms with Crippen molar-refractivity contribution < 1.29 is 4.74 Å². The molecule has 98 valence electrons. The van der Waals surface area contributed by atoms with Crippen LogP contribution in [0.25, 0.3) is 10.9 Å². The van der Waals surface area contributed by atoms with Gasteiger partial charge in [-0.2, -0.15) is 0 Å². The molecule has 0 aliphatic carbocycles. The standard InChI is InChI=1S/C15H22N2O/c1-5-17-13(8-11(2)16-3)9-12-10-14(18-4)6-7-15(12)17/h6-7,9-11,16H,5,8H2,1-4H3. The van der Waals surface area contributed by atoms with Crippen LogP contribution in [0.1, 0.15) is 19.5 Å². The molecule has 3 nitrogen and oxygen atoms in total. The largest absolute Gasteiger partial charge is 0.497 e. The molecule has 1 aromatic carbocycles. The molecule has 0 fully saturated rings. The van der Waals surface area contributed by atoms with Crippen molar-refractivity contribution in [3.8, 4) is 5.75 Å². The van der Waals surface area contributed by atoms with Gasteiger partial charge in [0.05, 0.1) is 7.11 Å². The Kier molecular flexibility index (Phi) is 3.92. The van der Waals surface area contributed by atoms with Crippen LogP contribution in [0.2, 0.25) is 0 Å². The summed E-state index contributed by atoms with van der Waals surface area (Å²) >= 11 is 0. The fourth-order valence-electron chi connectivity index (χ4n) is 2.39. The lowest BCUT2D eigenvalue weighted by molar-refractivity contribution is 0.415. The van der Waals surface area contributed by atoms with Crippen LogP contribution in [0.5, 0.6) is 5.75 Å². The average molecular weight is 246 g/mol. The van der Waals surface area contributed by atoms with E-state index >= 15 is 0 Å². The van der Waals surface area contributed by atoms with Gasteiger partial charge in [-0.15, -0.1) is 0 Å². The molecule has 0 saturated carbocycles. The summed E-state index contributed by atoms with van der Waals surface area (Å²) in [5, 5.41) is 4.55. The Morgan fingerprint density at radius 3 is 2.72 bits per heavy atom. The molecule has 1 atom stereocenters. The Morgan fingerprint density at radius 1 is 1.33 bits per heavy atom. The summed E-state index contributed by atoms with van der Waals surface area (Å²) in [7, 11) is 3.72. The lowest BCUT2D eigenvalue weighted by Crippen LogP contribution is -2.24. The zero-order valence-electron chi connectivity index (χ0n) is 11.7. The van der Waals surface area contributed by atoms with Crippen LogP contribution in [-0.4, -0.2) is 24.8 Å². The summed E-state index contributed by atoms with van der Waals surface area (Å²) in [5.41, 5.74) is 2.67. The van der Waals surface area contributed by atoms with Crippen molar-refractivity contribution in [1.29, 1.82) is 0 Å². The van der Waals surface area contributed by atoms with Gasteiger partial charge in [-0.05, 0) is 45.2 Å². The number of aryl methyl sites for hydroxylation is 1. The average Bonchev–Trinajstić information content (AvgIpc) is 2.74. The Hall–Kier alpha value is -1.48. The number of nitrogens with one attached hydrogen (secondary N) is 1. The number of benzene rings is 1. The van der Waals surface area contributed by atoms with Crippen LogP contribution in [0.4, 0.5) is 0 Å². The number of hydrogen-bond acceptors (Lipinski definition) is 2. The van der Waals surface area contributed by atoms with E-state index in [2.05, 4.69) is 41.9 Å². The summed E-state index contributed by atoms with van der Waals surface area (Å²) < 4.78 is 7.66. The van der Waals surface area contributed by atoms with E-state index < -0.39 is 0 Å². The lowest BCUT2D eigenvalue weighted by Gasteiger charge is -2.12. The molecule has 0 aliphatic rings. The second-order valence-corrected chi connectivity index (χ2v) is 4.70. The summed E-state index contributed by atoms with van der Waals surface area (Å²) in [5.74, 6) is 0.920. The molecule has 0 spiro atoms. The zero-order valence-corrected chi connectivity index (χ0v) is 11.7. The SMILES string of the molecule is CCn1c(CC(C)NC)cc2cc(OC)ccc21. The molecular weight excluding hydrogens is 224 g/mol. The summed E-state index contributed by atoms with van der Waals surface area (Å²) in [4.78, 5) is 0. The molecule has 0 aliphatic heterocycles. The van der Waals surface area contributed by atoms with Gasteiger partial charge in [0.25, 0.3) is 0 Å². The fraction of sp³-hybridized carbons (Fsp3) is 0.467.